The van der Waals surface area contributed by atoms with E-state index in [0.717, 1.165) is 11.1 Å². The highest BCUT2D eigenvalue weighted by molar-refractivity contribution is 6.37. The van der Waals surface area contributed by atoms with E-state index in [-0.39, 0.29) is 0 Å². The van der Waals surface area contributed by atoms with Gasteiger partial charge in [-0.2, -0.15) is 5.26 Å². The molecular formula is C16H11Cl2N. The summed E-state index contributed by atoms with van der Waals surface area (Å²) in [5.41, 5.74) is 3.21. The van der Waals surface area contributed by atoms with Gasteiger partial charge < -0.3 is 0 Å². The Kier molecular flexibility index (Phi) is 4.27. The Morgan fingerprint density at radius 1 is 1.05 bits per heavy atom. The zero-order chi connectivity index (χ0) is 13.8. The molecule has 0 saturated heterocycles. The predicted molar refractivity (Wildman–Crippen MR) is 81.1 cm³/mol. The lowest BCUT2D eigenvalue weighted by atomic mass is 10.0. The van der Waals surface area contributed by atoms with Crippen molar-refractivity contribution in [2.24, 2.45) is 0 Å². The lowest BCUT2D eigenvalue weighted by Crippen LogP contribution is -1.84. The fourth-order valence-corrected chi connectivity index (χ4v) is 2.21. The maximum Gasteiger partial charge on any atom is 0.0998 e. The fraction of sp³-hybridized carbons (Fsp3) is 0.0625. The molecule has 0 aliphatic heterocycles. The van der Waals surface area contributed by atoms with Gasteiger partial charge in [0.05, 0.1) is 11.6 Å². The Bertz CT molecular complexity index is 644. The van der Waals surface area contributed by atoms with E-state index in [0.29, 0.717) is 21.2 Å². The number of aryl methyl sites for hydroxylation is 1. The summed E-state index contributed by atoms with van der Waals surface area (Å²) in [7, 11) is 0. The molecule has 0 bridgehead atoms. The number of nitrogens with zero attached hydrogens (tertiary/aromatic N) is 1. The number of hydrogen-bond acceptors (Lipinski definition) is 1. The molecular weight excluding hydrogens is 277 g/mol. The summed E-state index contributed by atoms with van der Waals surface area (Å²) >= 11 is 12.2. The van der Waals surface area contributed by atoms with Crippen LogP contribution in [0.2, 0.25) is 10.0 Å². The van der Waals surface area contributed by atoms with E-state index in [1.165, 1.54) is 0 Å². The van der Waals surface area contributed by atoms with Crippen molar-refractivity contribution >= 4 is 34.9 Å². The van der Waals surface area contributed by atoms with Gasteiger partial charge in [-0.1, -0.05) is 59.1 Å². The summed E-state index contributed by atoms with van der Waals surface area (Å²) in [6, 6.07) is 15.2. The van der Waals surface area contributed by atoms with Gasteiger partial charge in [0.15, 0.2) is 0 Å². The van der Waals surface area contributed by atoms with Gasteiger partial charge in [0.25, 0.3) is 0 Å². The van der Waals surface area contributed by atoms with Crippen LogP contribution >= 0.6 is 23.2 Å². The Morgan fingerprint density at radius 3 is 2.16 bits per heavy atom. The first-order valence-electron chi connectivity index (χ1n) is 5.74. The summed E-state index contributed by atoms with van der Waals surface area (Å²) in [6.45, 7) is 2.00. The molecule has 0 aromatic heterocycles. The molecule has 0 atom stereocenters. The van der Waals surface area contributed by atoms with Crippen LogP contribution in [0.25, 0.3) is 11.6 Å². The van der Waals surface area contributed by atoms with Crippen LogP contribution in [0.5, 0.6) is 0 Å². The second-order valence-corrected chi connectivity index (χ2v) is 4.99. The molecule has 2 aromatic carbocycles. The third kappa shape index (κ3) is 3.17. The van der Waals surface area contributed by atoms with Crippen molar-refractivity contribution in [1.82, 2.24) is 0 Å². The van der Waals surface area contributed by atoms with Crippen LogP contribution < -0.4 is 0 Å². The Morgan fingerprint density at radius 2 is 1.63 bits per heavy atom. The van der Waals surface area contributed by atoms with Crippen molar-refractivity contribution in [3.63, 3.8) is 0 Å². The minimum Gasteiger partial charge on any atom is -0.192 e. The minimum atomic E-state index is 0.535. The second-order valence-electron chi connectivity index (χ2n) is 4.17. The van der Waals surface area contributed by atoms with Gasteiger partial charge in [-0.3, -0.25) is 0 Å². The van der Waals surface area contributed by atoms with Crippen molar-refractivity contribution in [2.75, 3.05) is 0 Å². The fourth-order valence-electron chi connectivity index (χ4n) is 1.71. The van der Waals surface area contributed by atoms with E-state index < -0.39 is 0 Å². The van der Waals surface area contributed by atoms with Crippen LogP contribution in [-0.2, 0) is 0 Å². The SMILES string of the molecule is Cc1ccc(/C(C#N)=C\c2c(Cl)cccc2Cl)cc1. The molecule has 19 heavy (non-hydrogen) atoms. The molecule has 0 saturated carbocycles. The summed E-state index contributed by atoms with van der Waals surface area (Å²) in [6.07, 6.45) is 1.72. The topological polar surface area (TPSA) is 23.8 Å². The Hall–Kier alpha value is -1.75. The van der Waals surface area contributed by atoms with Crippen molar-refractivity contribution in [1.29, 1.82) is 5.26 Å². The van der Waals surface area contributed by atoms with Crippen LogP contribution in [-0.4, -0.2) is 0 Å². The summed E-state index contributed by atoms with van der Waals surface area (Å²) in [4.78, 5) is 0. The molecule has 0 aliphatic carbocycles. The van der Waals surface area contributed by atoms with Crippen LogP contribution in [0.1, 0.15) is 16.7 Å². The van der Waals surface area contributed by atoms with E-state index >= 15 is 0 Å². The normalized spacial score (nSPS) is 11.2. The molecule has 1 nitrogen and oxygen atoms in total. The van der Waals surface area contributed by atoms with E-state index in [1.807, 2.05) is 31.2 Å². The van der Waals surface area contributed by atoms with Gasteiger partial charge in [-0.05, 0) is 30.7 Å². The highest BCUT2D eigenvalue weighted by Crippen LogP contribution is 2.28. The zero-order valence-electron chi connectivity index (χ0n) is 10.3. The first-order valence-corrected chi connectivity index (χ1v) is 6.50. The van der Waals surface area contributed by atoms with E-state index in [4.69, 9.17) is 23.2 Å². The first-order chi connectivity index (χ1) is 9.11. The van der Waals surface area contributed by atoms with Crippen LogP contribution in [0, 0.1) is 18.3 Å². The molecule has 94 valence electrons. The molecule has 0 amide bonds. The van der Waals surface area contributed by atoms with Gasteiger partial charge in [0.2, 0.25) is 0 Å². The average Bonchev–Trinajstić information content (AvgIpc) is 2.40. The monoisotopic (exact) mass is 287 g/mol. The predicted octanol–water partition coefficient (Wildman–Crippen LogP) is 5.37. The minimum absolute atomic E-state index is 0.535. The molecule has 0 N–H and O–H groups in total. The molecule has 0 spiro atoms. The Balaban J connectivity index is 2.51. The maximum absolute atomic E-state index is 9.29. The van der Waals surface area contributed by atoms with Crippen molar-refractivity contribution in [3.05, 3.63) is 69.2 Å². The summed E-state index contributed by atoms with van der Waals surface area (Å²) in [5.74, 6) is 0. The maximum atomic E-state index is 9.29. The van der Waals surface area contributed by atoms with Gasteiger partial charge in [0, 0.05) is 15.6 Å². The molecule has 3 heteroatoms. The Labute approximate surface area is 122 Å². The summed E-state index contributed by atoms with van der Waals surface area (Å²) < 4.78 is 0. The van der Waals surface area contributed by atoms with Gasteiger partial charge in [-0.25, -0.2) is 0 Å². The van der Waals surface area contributed by atoms with Crippen molar-refractivity contribution < 1.29 is 0 Å². The van der Waals surface area contributed by atoms with E-state index in [1.54, 1.807) is 24.3 Å². The van der Waals surface area contributed by atoms with E-state index in [2.05, 4.69) is 6.07 Å². The molecule has 2 rings (SSSR count). The van der Waals surface area contributed by atoms with Gasteiger partial charge >= 0.3 is 0 Å². The number of rotatable bonds is 2. The largest absolute Gasteiger partial charge is 0.192 e. The third-order valence-electron chi connectivity index (χ3n) is 2.77. The quantitative estimate of drug-likeness (QED) is 0.538. The van der Waals surface area contributed by atoms with Crippen LogP contribution in [0.4, 0.5) is 0 Å². The molecule has 0 fully saturated rings. The first kappa shape index (κ1) is 13.7. The molecule has 0 heterocycles. The number of halogens is 2. The molecule has 0 radical (unpaired) electrons. The van der Waals surface area contributed by atoms with Crippen LogP contribution in [0.3, 0.4) is 0 Å². The smallest absolute Gasteiger partial charge is 0.0998 e. The van der Waals surface area contributed by atoms with E-state index in [9.17, 15) is 5.26 Å². The van der Waals surface area contributed by atoms with Gasteiger partial charge in [-0.15, -0.1) is 0 Å². The van der Waals surface area contributed by atoms with Crippen molar-refractivity contribution in [2.45, 2.75) is 6.92 Å². The number of allylic oxidation sites excluding steroid dienone is 1. The molecule has 0 unspecified atom stereocenters. The number of hydrogen-bond donors (Lipinski definition) is 0. The molecule has 0 aliphatic rings. The highest BCUT2D eigenvalue weighted by Gasteiger charge is 2.06. The van der Waals surface area contributed by atoms with Gasteiger partial charge in [0.1, 0.15) is 0 Å². The zero-order valence-corrected chi connectivity index (χ0v) is 11.8. The van der Waals surface area contributed by atoms with Crippen molar-refractivity contribution in [3.8, 4) is 6.07 Å². The second kappa shape index (κ2) is 5.93. The number of benzene rings is 2. The van der Waals surface area contributed by atoms with Crippen LogP contribution in [0.15, 0.2) is 42.5 Å². The summed E-state index contributed by atoms with van der Waals surface area (Å²) in [5, 5.41) is 10.4. The lowest BCUT2D eigenvalue weighted by molar-refractivity contribution is 1.45. The highest BCUT2D eigenvalue weighted by atomic mass is 35.5. The average molecular weight is 288 g/mol. The lowest BCUT2D eigenvalue weighted by Gasteiger charge is -2.04. The number of nitriles is 1. The third-order valence-corrected chi connectivity index (χ3v) is 3.43. The molecule has 2 aromatic rings. The standard InChI is InChI=1S/C16H11Cl2N/c1-11-5-7-12(8-6-11)13(10-19)9-14-15(17)3-2-4-16(14)18/h2-9H,1H3/b13-9-.